The summed E-state index contributed by atoms with van der Waals surface area (Å²) >= 11 is 0. The van der Waals surface area contributed by atoms with Crippen molar-refractivity contribution < 1.29 is 23.1 Å². The number of alkyl halides is 3. The Morgan fingerprint density at radius 3 is 2.55 bits per heavy atom. The highest BCUT2D eigenvalue weighted by Crippen LogP contribution is 2.30. The van der Waals surface area contributed by atoms with Gasteiger partial charge in [0.1, 0.15) is 5.69 Å². The average molecular weight is 281 g/mol. The largest absolute Gasteiger partial charge is 0.545 e. The molecule has 2 rings (SSSR count). The van der Waals surface area contributed by atoms with Gasteiger partial charge in [-0.15, -0.1) is 0 Å². The van der Waals surface area contributed by atoms with Gasteiger partial charge in [0.15, 0.2) is 0 Å². The lowest BCUT2D eigenvalue weighted by molar-refractivity contribution is -0.254. The minimum atomic E-state index is -4.56. The van der Waals surface area contributed by atoms with Crippen molar-refractivity contribution in [1.82, 2.24) is 4.98 Å². The van der Waals surface area contributed by atoms with E-state index in [9.17, 15) is 23.1 Å². The third-order valence-corrected chi connectivity index (χ3v) is 2.48. The number of carbonyl (C=O) groups is 1. The van der Waals surface area contributed by atoms with Gasteiger partial charge in [-0.1, -0.05) is 18.2 Å². The molecule has 1 aromatic carbocycles. The topological polar surface area (TPSA) is 65.0 Å². The zero-order valence-corrected chi connectivity index (χ0v) is 9.94. The molecule has 0 aliphatic carbocycles. The Morgan fingerprint density at radius 1 is 1.20 bits per heavy atom. The summed E-state index contributed by atoms with van der Waals surface area (Å²) in [6, 6.07) is 7.88. The Balaban J connectivity index is 2.34. The minimum Gasteiger partial charge on any atom is -0.545 e. The molecule has 0 spiro atoms. The van der Waals surface area contributed by atoms with Gasteiger partial charge in [-0.05, 0) is 18.2 Å². The van der Waals surface area contributed by atoms with Crippen LogP contribution in [-0.2, 0) is 6.18 Å². The number of carboxylic acids is 1. The van der Waals surface area contributed by atoms with E-state index >= 15 is 0 Å². The lowest BCUT2D eigenvalue weighted by atomic mass is 10.1. The van der Waals surface area contributed by atoms with Crippen LogP contribution in [0.5, 0.6) is 0 Å². The number of halogens is 3. The Morgan fingerprint density at radius 2 is 1.90 bits per heavy atom. The van der Waals surface area contributed by atoms with Crippen LogP contribution in [0.3, 0.4) is 0 Å². The maximum absolute atomic E-state index is 12.5. The summed E-state index contributed by atoms with van der Waals surface area (Å²) in [7, 11) is 0. The molecule has 20 heavy (non-hydrogen) atoms. The molecule has 7 heteroatoms. The number of rotatable bonds is 3. The monoisotopic (exact) mass is 281 g/mol. The molecule has 2 aromatic rings. The van der Waals surface area contributed by atoms with E-state index in [4.69, 9.17) is 0 Å². The lowest BCUT2D eigenvalue weighted by Gasteiger charge is -2.13. The van der Waals surface area contributed by atoms with Crippen molar-refractivity contribution in [3.8, 4) is 0 Å². The van der Waals surface area contributed by atoms with Crippen molar-refractivity contribution >= 4 is 17.3 Å². The Labute approximate surface area is 111 Å². The van der Waals surface area contributed by atoms with Gasteiger partial charge in [-0.3, -0.25) is 4.98 Å². The van der Waals surface area contributed by atoms with Crippen LogP contribution < -0.4 is 10.4 Å². The fourth-order valence-electron chi connectivity index (χ4n) is 1.59. The summed E-state index contributed by atoms with van der Waals surface area (Å²) in [5, 5.41) is 13.5. The van der Waals surface area contributed by atoms with Crippen molar-refractivity contribution in [1.29, 1.82) is 0 Å². The van der Waals surface area contributed by atoms with Crippen molar-refractivity contribution in [2.45, 2.75) is 6.18 Å². The number of pyridine rings is 1. The predicted octanol–water partition coefficient (Wildman–Crippen LogP) is 2.21. The summed E-state index contributed by atoms with van der Waals surface area (Å²) < 4.78 is 37.6. The molecule has 0 aliphatic rings. The number of carbonyl (C=O) groups excluding carboxylic acids is 1. The van der Waals surface area contributed by atoms with Crippen LogP contribution >= 0.6 is 0 Å². The summed E-state index contributed by atoms with van der Waals surface area (Å²) in [5.74, 6) is -1.42. The maximum Gasteiger partial charge on any atom is 0.433 e. The van der Waals surface area contributed by atoms with Crippen molar-refractivity contribution in [2.24, 2.45) is 0 Å². The highest BCUT2D eigenvalue weighted by Gasteiger charge is 2.32. The number of para-hydroxylation sites is 1. The zero-order valence-electron chi connectivity index (χ0n) is 9.94. The molecule has 0 aliphatic heterocycles. The van der Waals surface area contributed by atoms with E-state index in [-0.39, 0.29) is 16.9 Å². The first-order valence-electron chi connectivity index (χ1n) is 5.48. The standard InChI is InChI=1S/C13H9F3N2O2/c14-13(15,16)11-7-8(5-6-17-11)18-10-4-2-1-3-9(10)12(19)20/h1-7H,(H,17,18)(H,19,20)/p-1. The van der Waals surface area contributed by atoms with Gasteiger partial charge in [0.05, 0.1) is 5.97 Å². The molecular formula is C13H8F3N2O2-. The van der Waals surface area contributed by atoms with E-state index in [0.29, 0.717) is 0 Å². The molecule has 1 heterocycles. The number of hydrogen-bond donors (Lipinski definition) is 1. The van der Waals surface area contributed by atoms with Gasteiger partial charge in [0, 0.05) is 23.1 Å². The van der Waals surface area contributed by atoms with E-state index in [1.54, 1.807) is 6.07 Å². The maximum atomic E-state index is 12.5. The predicted molar refractivity (Wildman–Crippen MR) is 63.3 cm³/mol. The first-order valence-corrected chi connectivity index (χ1v) is 5.48. The number of carboxylic acid groups (broad SMARTS) is 1. The van der Waals surface area contributed by atoms with Crippen LogP contribution in [0.15, 0.2) is 42.6 Å². The number of aromatic carboxylic acids is 1. The second kappa shape index (κ2) is 5.20. The number of nitrogens with one attached hydrogen (secondary N) is 1. The summed E-state index contributed by atoms with van der Waals surface area (Å²) in [4.78, 5) is 14.1. The molecule has 0 fully saturated rings. The fourth-order valence-corrected chi connectivity index (χ4v) is 1.59. The van der Waals surface area contributed by atoms with E-state index < -0.39 is 17.8 Å². The molecule has 0 unspecified atom stereocenters. The average Bonchev–Trinajstić information content (AvgIpc) is 2.38. The molecule has 104 valence electrons. The first kappa shape index (κ1) is 13.9. The van der Waals surface area contributed by atoms with Crippen LogP contribution in [0.1, 0.15) is 16.1 Å². The van der Waals surface area contributed by atoms with Gasteiger partial charge in [0.25, 0.3) is 0 Å². The molecule has 1 aromatic heterocycles. The SMILES string of the molecule is O=C([O-])c1ccccc1Nc1ccnc(C(F)(F)F)c1. The third-order valence-electron chi connectivity index (χ3n) is 2.48. The van der Waals surface area contributed by atoms with Gasteiger partial charge in [-0.2, -0.15) is 13.2 Å². The summed E-state index contributed by atoms with van der Waals surface area (Å²) in [6.45, 7) is 0. The Bertz CT molecular complexity index is 642. The number of anilines is 2. The Kier molecular flexibility index (Phi) is 3.60. The molecule has 0 saturated heterocycles. The second-order valence-corrected chi connectivity index (χ2v) is 3.89. The van der Waals surface area contributed by atoms with Gasteiger partial charge in [0.2, 0.25) is 0 Å². The molecule has 0 radical (unpaired) electrons. The van der Waals surface area contributed by atoms with E-state index in [1.807, 2.05) is 0 Å². The second-order valence-electron chi connectivity index (χ2n) is 3.89. The van der Waals surface area contributed by atoms with E-state index in [2.05, 4.69) is 10.3 Å². The molecular weight excluding hydrogens is 273 g/mol. The molecule has 0 amide bonds. The first-order chi connectivity index (χ1) is 9.38. The normalized spacial score (nSPS) is 11.2. The number of aromatic nitrogens is 1. The Hall–Kier alpha value is -2.57. The van der Waals surface area contributed by atoms with Crippen LogP contribution in [0.2, 0.25) is 0 Å². The number of hydrogen-bond acceptors (Lipinski definition) is 4. The van der Waals surface area contributed by atoms with Crippen LogP contribution in [0.4, 0.5) is 24.5 Å². The smallest absolute Gasteiger partial charge is 0.433 e. The summed E-state index contributed by atoms with van der Waals surface area (Å²) in [5.41, 5.74) is -0.973. The molecule has 1 N–H and O–H groups in total. The van der Waals surface area contributed by atoms with Crippen LogP contribution in [0.25, 0.3) is 0 Å². The highest BCUT2D eigenvalue weighted by molar-refractivity contribution is 5.93. The number of benzene rings is 1. The van der Waals surface area contributed by atoms with Gasteiger partial charge in [-0.25, -0.2) is 0 Å². The minimum absolute atomic E-state index is 0.0843. The lowest BCUT2D eigenvalue weighted by Crippen LogP contribution is -2.23. The quantitative estimate of drug-likeness (QED) is 0.936. The zero-order chi connectivity index (χ0) is 14.8. The molecule has 0 bridgehead atoms. The van der Waals surface area contributed by atoms with Crippen molar-refractivity contribution in [3.63, 3.8) is 0 Å². The third kappa shape index (κ3) is 3.05. The van der Waals surface area contributed by atoms with Crippen LogP contribution in [0, 0.1) is 0 Å². The molecule has 4 nitrogen and oxygen atoms in total. The van der Waals surface area contributed by atoms with E-state index in [1.165, 1.54) is 24.3 Å². The van der Waals surface area contributed by atoms with Crippen molar-refractivity contribution in [3.05, 3.63) is 53.9 Å². The van der Waals surface area contributed by atoms with E-state index in [0.717, 1.165) is 12.3 Å². The van der Waals surface area contributed by atoms with Crippen LogP contribution in [-0.4, -0.2) is 11.0 Å². The summed E-state index contributed by atoms with van der Waals surface area (Å²) in [6.07, 6.45) is -3.57. The van der Waals surface area contributed by atoms with Gasteiger partial charge >= 0.3 is 6.18 Å². The number of nitrogens with zero attached hydrogens (tertiary/aromatic N) is 1. The fraction of sp³-hybridized carbons (Fsp3) is 0.0769. The molecule has 0 saturated carbocycles. The van der Waals surface area contributed by atoms with Crippen molar-refractivity contribution in [2.75, 3.05) is 5.32 Å². The van der Waals surface area contributed by atoms with Gasteiger partial charge < -0.3 is 15.2 Å². The highest BCUT2D eigenvalue weighted by atomic mass is 19.4. The molecule has 0 atom stereocenters.